The number of ether oxygens (including phenoxy) is 1. The van der Waals surface area contributed by atoms with E-state index in [0.717, 1.165) is 0 Å². The zero-order chi connectivity index (χ0) is 14.0. The Morgan fingerprint density at radius 3 is 2.89 bits per heavy atom. The van der Waals surface area contributed by atoms with Crippen molar-refractivity contribution in [2.45, 2.75) is 13.8 Å². The number of hydrogen-bond acceptors (Lipinski definition) is 3. The van der Waals surface area contributed by atoms with Gasteiger partial charge in [-0.2, -0.15) is 5.10 Å². The third kappa shape index (κ3) is 2.61. The van der Waals surface area contributed by atoms with E-state index in [1.54, 1.807) is 13.8 Å². The molecule has 19 heavy (non-hydrogen) atoms. The summed E-state index contributed by atoms with van der Waals surface area (Å²) in [7, 11) is 0. The highest BCUT2D eigenvalue weighted by atomic mass is 35.5. The number of carbonyl (C=O) groups excluding carboxylic acids is 1. The van der Waals surface area contributed by atoms with Crippen molar-refractivity contribution in [2.24, 2.45) is 0 Å². The predicted molar refractivity (Wildman–Crippen MR) is 69.2 cm³/mol. The molecule has 100 valence electrons. The quantitative estimate of drug-likeness (QED) is 0.812. The van der Waals surface area contributed by atoms with Gasteiger partial charge in [-0.25, -0.2) is 13.9 Å². The van der Waals surface area contributed by atoms with Crippen LogP contribution in [-0.2, 0) is 4.74 Å². The van der Waals surface area contributed by atoms with Crippen LogP contribution in [0.3, 0.4) is 0 Å². The van der Waals surface area contributed by atoms with E-state index in [4.69, 9.17) is 16.3 Å². The van der Waals surface area contributed by atoms with Crippen molar-refractivity contribution in [3.05, 3.63) is 46.5 Å². The highest BCUT2D eigenvalue weighted by molar-refractivity contribution is 6.30. The van der Waals surface area contributed by atoms with E-state index in [0.29, 0.717) is 23.6 Å². The highest BCUT2D eigenvalue weighted by Gasteiger charge is 2.16. The molecule has 2 aromatic rings. The van der Waals surface area contributed by atoms with Crippen LogP contribution >= 0.6 is 11.6 Å². The first-order valence-electron chi connectivity index (χ1n) is 5.71. The normalized spacial score (nSPS) is 10.5. The maximum atomic E-state index is 13.1. The zero-order valence-electron chi connectivity index (χ0n) is 10.5. The number of benzene rings is 1. The van der Waals surface area contributed by atoms with Gasteiger partial charge in [0.05, 0.1) is 29.2 Å². The van der Waals surface area contributed by atoms with Crippen LogP contribution < -0.4 is 0 Å². The second-order valence-corrected chi connectivity index (χ2v) is 4.28. The molecule has 0 N–H and O–H groups in total. The van der Waals surface area contributed by atoms with E-state index in [9.17, 15) is 9.18 Å². The number of hydrogen-bond donors (Lipinski definition) is 0. The van der Waals surface area contributed by atoms with Gasteiger partial charge in [0.25, 0.3) is 0 Å². The fourth-order valence-corrected chi connectivity index (χ4v) is 1.87. The molecule has 0 amide bonds. The number of rotatable bonds is 3. The Labute approximate surface area is 114 Å². The van der Waals surface area contributed by atoms with Crippen molar-refractivity contribution >= 4 is 17.6 Å². The first kappa shape index (κ1) is 13.5. The van der Waals surface area contributed by atoms with Crippen molar-refractivity contribution in [3.8, 4) is 5.69 Å². The van der Waals surface area contributed by atoms with Crippen LogP contribution in [-0.4, -0.2) is 22.4 Å². The number of halogens is 2. The Morgan fingerprint density at radius 2 is 2.26 bits per heavy atom. The Kier molecular flexibility index (Phi) is 3.85. The van der Waals surface area contributed by atoms with Crippen molar-refractivity contribution in [1.29, 1.82) is 0 Å². The molecule has 0 unspecified atom stereocenters. The maximum absolute atomic E-state index is 13.1. The zero-order valence-corrected chi connectivity index (χ0v) is 11.2. The van der Waals surface area contributed by atoms with E-state index in [1.165, 1.54) is 29.1 Å². The number of nitrogens with zero attached hydrogens (tertiary/aromatic N) is 2. The first-order valence-corrected chi connectivity index (χ1v) is 6.09. The van der Waals surface area contributed by atoms with Gasteiger partial charge >= 0.3 is 5.97 Å². The van der Waals surface area contributed by atoms with Gasteiger partial charge in [0.1, 0.15) is 11.4 Å². The summed E-state index contributed by atoms with van der Waals surface area (Å²) in [6.07, 6.45) is 1.42. The summed E-state index contributed by atoms with van der Waals surface area (Å²) in [6.45, 7) is 3.76. The summed E-state index contributed by atoms with van der Waals surface area (Å²) in [5.41, 5.74) is 1.57. The monoisotopic (exact) mass is 282 g/mol. The smallest absolute Gasteiger partial charge is 0.341 e. The largest absolute Gasteiger partial charge is 0.462 e. The fourth-order valence-electron chi connectivity index (χ4n) is 1.70. The summed E-state index contributed by atoms with van der Waals surface area (Å²) in [5.74, 6) is -0.930. The van der Waals surface area contributed by atoms with Crippen LogP contribution in [0.4, 0.5) is 4.39 Å². The van der Waals surface area contributed by atoms with E-state index in [2.05, 4.69) is 5.10 Å². The van der Waals surface area contributed by atoms with Gasteiger partial charge in [-0.05, 0) is 32.0 Å². The number of carbonyl (C=O) groups is 1. The van der Waals surface area contributed by atoms with Crippen LogP contribution in [0.25, 0.3) is 5.69 Å². The molecule has 0 aliphatic carbocycles. The molecule has 0 bridgehead atoms. The average Bonchev–Trinajstić information content (AvgIpc) is 2.75. The fraction of sp³-hybridized carbons (Fsp3) is 0.231. The minimum Gasteiger partial charge on any atom is -0.462 e. The molecule has 0 saturated carbocycles. The van der Waals surface area contributed by atoms with Crippen LogP contribution in [0.15, 0.2) is 24.4 Å². The summed E-state index contributed by atoms with van der Waals surface area (Å²) < 4.78 is 19.5. The van der Waals surface area contributed by atoms with Gasteiger partial charge in [0, 0.05) is 0 Å². The molecule has 1 heterocycles. The van der Waals surface area contributed by atoms with E-state index >= 15 is 0 Å². The van der Waals surface area contributed by atoms with Crippen LogP contribution in [0.2, 0.25) is 5.02 Å². The molecular formula is C13H12ClFN2O2. The Bertz CT molecular complexity index is 625. The van der Waals surface area contributed by atoms with Crippen LogP contribution in [0.5, 0.6) is 0 Å². The van der Waals surface area contributed by atoms with Gasteiger partial charge in [-0.3, -0.25) is 0 Å². The van der Waals surface area contributed by atoms with Gasteiger partial charge in [-0.15, -0.1) is 0 Å². The second kappa shape index (κ2) is 5.40. The standard InChI is InChI=1S/C13H12ClFN2O2/c1-3-19-13(18)10-7-16-17(8(10)2)9-4-5-12(15)11(14)6-9/h4-7H,3H2,1-2H3. The lowest BCUT2D eigenvalue weighted by molar-refractivity contribution is 0.0525. The molecule has 6 heteroatoms. The van der Waals surface area contributed by atoms with Crippen molar-refractivity contribution in [2.75, 3.05) is 6.61 Å². The SMILES string of the molecule is CCOC(=O)c1cnn(-c2ccc(F)c(Cl)c2)c1C. The Morgan fingerprint density at radius 1 is 1.53 bits per heavy atom. The third-order valence-electron chi connectivity index (χ3n) is 2.65. The lowest BCUT2D eigenvalue weighted by Crippen LogP contribution is -2.07. The molecule has 0 aliphatic heterocycles. The van der Waals surface area contributed by atoms with E-state index in [-0.39, 0.29) is 5.02 Å². The lowest BCUT2D eigenvalue weighted by atomic mass is 10.2. The molecule has 0 saturated heterocycles. The minimum absolute atomic E-state index is 0.00471. The molecule has 1 aromatic carbocycles. The highest BCUT2D eigenvalue weighted by Crippen LogP contribution is 2.21. The molecule has 0 atom stereocenters. The number of esters is 1. The van der Waals surface area contributed by atoms with Gasteiger partial charge in [0.2, 0.25) is 0 Å². The molecule has 0 aliphatic rings. The van der Waals surface area contributed by atoms with E-state index < -0.39 is 11.8 Å². The van der Waals surface area contributed by atoms with Crippen LogP contribution in [0, 0.1) is 12.7 Å². The number of aromatic nitrogens is 2. The molecule has 4 nitrogen and oxygen atoms in total. The summed E-state index contributed by atoms with van der Waals surface area (Å²) in [4.78, 5) is 11.7. The first-order chi connectivity index (χ1) is 9.04. The topological polar surface area (TPSA) is 44.1 Å². The summed E-state index contributed by atoms with van der Waals surface area (Å²) >= 11 is 5.73. The molecule has 0 radical (unpaired) electrons. The Balaban J connectivity index is 2.41. The molecular weight excluding hydrogens is 271 g/mol. The summed E-state index contributed by atoms with van der Waals surface area (Å²) in [5, 5.41) is 4.10. The summed E-state index contributed by atoms with van der Waals surface area (Å²) in [6, 6.07) is 4.24. The van der Waals surface area contributed by atoms with Crippen molar-refractivity contribution < 1.29 is 13.9 Å². The van der Waals surface area contributed by atoms with Crippen LogP contribution in [0.1, 0.15) is 23.0 Å². The minimum atomic E-state index is -0.499. The molecule has 0 fully saturated rings. The van der Waals surface area contributed by atoms with Crippen molar-refractivity contribution in [3.63, 3.8) is 0 Å². The van der Waals surface area contributed by atoms with Gasteiger partial charge < -0.3 is 4.74 Å². The molecule has 1 aromatic heterocycles. The van der Waals surface area contributed by atoms with Gasteiger partial charge in [0.15, 0.2) is 0 Å². The second-order valence-electron chi connectivity index (χ2n) is 3.87. The maximum Gasteiger partial charge on any atom is 0.341 e. The molecule has 2 rings (SSSR count). The average molecular weight is 283 g/mol. The molecule has 0 spiro atoms. The van der Waals surface area contributed by atoms with Gasteiger partial charge in [-0.1, -0.05) is 11.6 Å². The Hall–Kier alpha value is -1.88. The lowest BCUT2D eigenvalue weighted by Gasteiger charge is -2.06. The third-order valence-corrected chi connectivity index (χ3v) is 2.94. The van der Waals surface area contributed by atoms with Crippen molar-refractivity contribution in [1.82, 2.24) is 9.78 Å². The predicted octanol–water partition coefficient (Wildman–Crippen LogP) is 3.15. The van der Waals surface area contributed by atoms with E-state index in [1.807, 2.05) is 0 Å².